The summed E-state index contributed by atoms with van der Waals surface area (Å²) in [7, 11) is 1.86. The molecule has 2 aromatic rings. The molecule has 0 unspecified atom stereocenters. The van der Waals surface area contributed by atoms with Crippen LogP contribution in [0.25, 0.3) is 0 Å². The summed E-state index contributed by atoms with van der Waals surface area (Å²) in [4.78, 5) is 0. The van der Waals surface area contributed by atoms with Crippen molar-refractivity contribution in [2.45, 2.75) is 6.54 Å². The van der Waals surface area contributed by atoms with E-state index in [1.807, 2.05) is 13.2 Å². The second kappa shape index (κ2) is 4.22. The molecule has 0 atom stereocenters. The number of hydrogen-bond acceptors (Lipinski definition) is 3. The topological polar surface area (TPSA) is 55.9 Å². The summed E-state index contributed by atoms with van der Waals surface area (Å²) < 4.78 is 14.5. The molecule has 84 valence electrons. The molecule has 0 aliphatic rings. The van der Waals surface area contributed by atoms with Crippen LogP contribution in [0.15, 0.2) is 30.6 Å². The molecule has 0 aliphatic carbocycles. The van der Waals surface area contributed by atoms with E-state index in [0.29, 0.717) is 12.2 Å². The van der Waals surface area contributed by atoms with Crippen LogP contribution >= 0.6 is 0 Å². The van der Waals surface area contributed by atoms with Gasteiger partial charge in [-0.15, -0.1) is 0 Å². The van der Waals surface area contributed by atoms with Gasteiger partial charge < -0.3 is 11.1 Å². The Labute approximate surface area is 92.9 Å². The number of benzene rings is 1. The minimum absolute atomic E-state index is 0.329. The molecule has 0 fully saturated rings. The fourth-order valence-electron chi connectivity index (χ4n) is 1.46. The monoisotopic (exact) mass is 220 g/mol. The highest BCUT2D eigenvalue weighted by molar-refractivity contribution is 5.65. The number of aryl methyl sites for hydroxylation is 1. The maximum atomic E-state index is 12.8. The smallest absolute Gasteiger partial charge is 0.125 e. The zero-order valence-electron chi connectivity index (χ0n) is 8.94. The molecule has 0 amide bonds. The van der Waals surface area contributed by atoms with E-state index in [0.717, 1.165) is 11.3 Å². The first kappa shape index (κ1) is 10.5. The third-order valence-corrected chi connectivity index (χ3v) is 2.25. The first-order valence-corrected chi connectivity index (χ1v) is 4.91. The van der Waals surface area contributed by atoms with Gasteiger partial charge in [-0.25, -0.2) is 4.39 Å². The predicted molar refractivity (Wildman–Crippen MR) is 61.3 cm³/mol. The number of rotatable bonds is 3. The molecule has 2 rings (SSSR count). The molecule has 0 saturated carbocycles. The summed E-state index contributed by atoms with van der Waals surface area (Å²) >= 11 is 0. The molecule has 0 radical (unpaired) electrons. The lowest BCUT2D eigenvalue weighted by Crippen LogP contribution is -2.02. The van der Waals surface area contributed by atoms with E-state index in [2.05, 4.69) is 10.4 Å². The van der Waals surface area contributed by atoms with E-state index in [9.17, 15) is 4.39 Å². The fourth-order valence-corrected chi connectivity index (χ4v) is 1.46. The SMILES string of the molecule is Cn1cc(CNc2ccc(F)cc2N)cn1. The molecular weight excluding hydrogens is 207 g/mol. The average molecular weight is 220 g/mol. The molecule has 16 heavy (non-hydrogen) atoms. The lowest BCUT2D eigenvalue weighted by Gasteiger charge is -2.07. The molecule has 1 heterocycles. The fraction of sp³-hybridized carbons (Fsp3) is 0.182. The lowest BCUT2D eigenvalue weighted by molar-refractivity contribution is 0.628. The Balaban J connectivity index is 2.04. The zero-order valence-corrected chi connectivity index (χ0v) is 8.94. The summed E-state index contributed by atoms with van der Waals surface area (Å²) in [6.07, 6.45) is 3.68. The van der Waals surface area contributed by atoms with Crippen molar-refractivity contribution in [1.29, 1.82) is 0 Å². The van der Waals surface area contributed by atoms with Gasteiger partial charge in [0.05, 0.1) is 17.6 Å². The molecule has 0 aliphatic heterocycles. The van der Waals surface area contributed by atoms with Crippen LogP contribution in [0, 0.1) is 5.82 Å². The van der Waals surface area contributed by atoms with E-state index in [4.69, 9.17) is 5.73 Å². The first-order chi connectivity index (χ1) is 7.65. The van der Waals surface area contributed by atoms with E-state index >= 15 is 0 Å². The average Bonchev–Trinajstić information content (AvgIpc) is 2.63. The van der Waals surface area contributed by atoms with E-state index in [-0.39, 0.29) is 5.82 Å². The van der Waals surface area contributed by atoms with Crippen LogP contribution in [0.1, 0.15) is 5.56 Å². The quantitative estimate of drug-likeness (QED) is 0.775. The number of hydrogen-bond donors (Lipinski definition) is 2. The van der Waals surface area contributed by atoms with E-state index in [1.54, 1.807) is 16.9 Å². The Morgan fingerprint density at radius 2 is 2.31 bits per heavy atom. The first-order valence-electron chi connectivity index (χ1n) is 4.91. The Hall–Kier alpha value is -2.04. The second-order valence-electron chi connectivity index (χ2n) is 3.61. The van der Waals surface area contributed by atoms with Crippen LogP contribution in [0.2, 0.25) is 0 Å². The Kier molecular flexibility index (Phi) is 2.76. The number of halogens is 1. The summed E-state index contributed by atoms with van der Waals surface area (Å²) in [5, 5.41) is 7.18. The Bertz CT molecular complexity index is 492. The van der Waals surface area contributed by atoms with Crippen molar-refractivity contribution < 1.29 is 4.39 Å². The molecule has 5 heteroatoms. The second-order valence-corrected chi connectivity index (χ2v) is 3.61. The van der Waals surface area contributed by atoms with Crippen LogP contribution in [0.5, 0.6) is 0 Å². The highest BCUT2D eigenvalue weighted by Gasteiger charge is 2.01. The third kappa shape index (κ3) is 2.31. The van der Waals surface area contributed by atoms with E-state index < -0.39 is 0 Å². The Morgan fingerprint density at radius 1 is 1.50 bits per heavy atom. The number of nitrogen functional groups attached to an aromatic ring is 1. The van der Waals surface area contributed by atoms with Gasteiger partial charge in [0.2, 0.25) is 0 Å². The van der Waals surface area contributed by atoms with Gasteiger partial charge >= 0.3 is 0 Å². The maximum absolute atomic E-state index is 12.8. The van der Waals surface area contributed by atoms with Gasteiger partial charge in [0, 0.05) is 25.4 Å². The number of anilines is 2. The summed E-state index contributed by atoms with van der Waals surface area (Å²) in [5.41, 5.74) is 7.85. The normalized spacial score (nSPS) is 10.4. The molecule has 1 aromatic heterocycles. The van der Waals surface area contributed by atoms with Gasteiger partial charge in [0.15, 0.2) is 0 Å². The molecule has 0 spiro atoms. The van der Waals surface area contributed by atoms with Crippen molar-refractivity contribution in [3.8, 4) is 0 Å². The van der Waals surface area contributed by atoms with Crippen molar-refractivity contribution in [3.05, 3.63) is 42.0 Å². The standard InChI is InChI=1S/C11H13FN4/c1-16-7-8(6-15-16)5-14-11-3-2-9(12)4-10(11)13/h2-4,6-7,14H,5,13H2,1H3. The molecule has 0 saturated heterocycles. The van der Waals surface area contributed by atoms with Gasteiger partial charge in [-0.05, 0) is 18.2 Å². The lowest BCUT2D eigenvalue weighted by atomic mass is 10.2. The van der Waals surface area contributed by atoms with Gasteiger partial charge in [-0.1, -0.05) is 0 Å². The summed E-state index contributed by atoms with van der Waals surface area (Å²) in [6.45, 7) is 0.615. The van der Waals surface area contributed by atoms with Crippen LogP contribution < -0.4 is 11.1 Å². The van der Waals surface area contributed by atoms with Crippen molar-refractivity contribution in [2.24, 2.45) is 7.05 Å². The van der Waals surface area contributed by atoms with Crippen molar-refractivity contribution >= 4 is 11.4 Å². The molecule has 0 bridgehead atoms. The number of nitrogens with two attached hydrogens (primary N) is 1. The summed E-state index contributed by atoms with van der Waals surface area (Å²) in [6, 6.07) is 4.30. The van der Waals surface area contributed by atoms with Gasteiger partial charge in [-0.3, -0.25) is 4.68 Å². The number of nitrogens with zero attached hydrogens (tertiary/aromatic N) is 2. The highest BCUT2D eigenvalue weighted by atomic mass is 19.1. The van der Waals surface area contributed by atoms with E-state index in [1.165, 1.54) is 12.1 Å². The van der Waals surface area contributed by atoms with Crippen molar-refractivity contribution in [2.75, 3.05) is 11.1 Å². The van der Waals surface area contributed by atoms with Crippen molar-refractivity contribution in [1.82, 2.24) is 9.78 Å². The number of aromatic nitrogens is 2. The van der Waals surface area contributed by atoms with Gasteiger partial charge in [-0.2, -0.15) is 5.10 Å². The van der Waals surface area contributed by atoms with Crippen LogP contribution in [0.3, 0.4) is 0 Å². The van der Waals surface area contributed by atoms with Crippen LogP contribution in [-0.4, -0.2) is 9.78 Å². The molecular formula is C11H13FN4. The van der Waals surface area contributed by atoms with Gasteiger partial charge in [0.1, 0.15) is 5.82 Å². The molecule has 4 nitrogen and oxygen atoms in total. The minimum atomic E-state index is -0.329. The van der Waals surface area contributed by atoms with Crippen molar-refractivity contribution in [3.63, 3.8) is 0 Å². The van der Waals surface area contributed by atoms with Crippen LogP contribution in [-0.2, 0) is 13.6 Å². The summed E-state index contributed by atoms with van der Waals surface area (Å²) in [5.74, 6) is -0.329. The Morgan fingerprint density at radius 3 is 2.94 bits per heavy atom. The zero-order chi connectivity index (χ0) is 11.5. The molecule has 3 N–H and O–H groups in total. The highest BCUT2D eigenvalue weighted by Crippen LogP contribution is 2.19. The maximum Gasteiger partial charge on any atom is 0.125 e. The van der Waals surface area contributed by atoms with Gasteiger partial charge in [0.25, 0.3) is 0 Å². The third-order valence-electron chi connectivity index (χ3n) is 2.25. The van der Waals surface area contributed by atoms with Crippen LogP contribution in [0.4, 0.5) is 15.8 Å². The largest absolute Gasteiger partial charge is 0.397 e. The molecule has 1 aromatic carbocycles. The number of nitrogens with one attached hydrogen (secondary N) is 1. The minimum Gasteiger partial charge on any atom is -0.397 e. The predicted octanol–water partition coefficient (Wildman–Crippen LogP) is 1.75.